The van der Waals surface area contributed by atoms with Crippen LogP contribution in [0.1, 0.15) is 12.8 Å². The van der Waals surface area contributed by atoms with Gasteiger partial charge < -0.3 is 5.32 Å². The van der Waals surface area contributed by atoms with E-state index in [2.05, 4.69) is 19.5 Å². The summed E-state index contributed by atoms with van der Waals surface area (Å²) in [6.45, 7) is 0. The van der Waals surface area contributed by atoms with Crippen LogP contribution in [0.15, 0.2) is 18.3 Å². The Morgan fingerprint density at radius 1 is 1.50 bits per heavy atom. The minimum absolute atomic E-state index is 0.129. The Morgan fingerprint density at radius 3 is 2.71 bits per heavy atom. The maximum absolute atomic E-state index is 13.1. The molecule has 1 fully saturated rings. The van der Waals surface area contributed by atoms with E-state index in [1.54, 1.807) is 6.07 Å². The normalized spacial score (nSPS) is 30.9. The summed E-state index contributed by atoms with van der Waals surface area (Å²) in [5.41, 5.74) is 0.733. The number of alkyl halides is 1. The summed E-state index contributed by atoms with van der Waals surface area (Å²) in [4.78, 5) is 3.50. The van der Waals surface area contributed by atoms with Crippen molar-refractivity contribution in [1.82, 2.24) is 4.98 Å². The summed E-state index contributed by atoms with van der Waals surface area (Å²) in [5, 5.41) is 1.96. The second kappa shape index (κ2) is 3.43. The predicted octanol–water partition coefficient (Wildman–Crippen LogP) is 2.34. The number of halogens is 2. The van der Waals surface area contributed by atoms with Gasteiger partial charge in [0.2, 0.25) is 5.95 Å². The Bertz CT molecular complexity index is 318. The first kappa shape index (κ1) is 9.78. The monoisotopic (exact) mass is 216 g/mol. The lowest BCUT2D eigenvalue weighted by Gasteiger charge is -2.39. The Labute approximate surface area is 83.3 Å². The average Bonchev–Trinajstić information content (AvgIpc) is 2.06. The van der Waals surface area contributed by atoms with Crippen molar-refractivity contribution in [3.8, 4) is 0 Å². The van der Waals surface area contributed by atoms with Gasteiger partial charge in [0, 0.05) is 18.9 Å². The summed E-state index contributed by atoms with van der Waals surface area (Å²) in [7, 11) is 2.19. The third-order valence-electron chi connectivity index (χ3n) is 2.27. The standard InChI is InChI=1S/C9H11F2N2P/c10-8-2-1-6(5-12-8)13-7-3-9(11,14)4-7/h1-2,5,7,13H,3-4,14H2. The zero-order valence-corrected chi connectivity index (χ0v) is 8.66. The highest BCUT2D eigenvalue weighted by molar-refractivity contribution is 7.18. The molecule has 1 aliphatic carbocycles. The van der Waals surface area contributed by atoms with Gasteiger partial charge in [-0.2, -0.15) is 4.39 Å². The third kappa shape index (κ3) is 2.18. The molecule has 0 spiro atoms. The third-order valence-corrected chi connectivity index (χ3v) is 2.74. The molecule has 0 aromatic carbocycles. The summed E-state index contributed by atoms with van der Waals surface area (Å²) < 4.78 is 25.5. The average molecular weight is 216 g/mol. The highest BCUT2D eigenvalue weighted by atomic mass is 31.0. The number of hydrogen-bond donors (Lipinski definition) is 1. The summed E-state index contributed by atoms with van der Waals surface area (Å²) in [6, 6.07) is 3.01. The fourth-order valence-electron chi connectivity index (χ4n) is 1.56. The highest BCUT2D eigenvalue weighted by Crippen LogP contribution is 2.42. The van der Waals surface area contributed by atoms with Crippen LogP contribution in [-0.2, 0) is 0 Å². The molecular weight excluding hydrogens is 205 g/mol. The van der Waals surface area contributed by atoms with Gasteiger partial charge in [-0.3, -0.25) is 0 Å². The molecule has 0 bridgehead atoms. The van der Waals surface area contributed by atoms with Gasteiger partial charge in [0.15, 0.2) is 0 Å². The van der Waals surface area contributed by atoms with E-state index < -0.39 is 11.4 Å². The van der Waals surface area contributed by atoms with Crippen LogP contribution >= 0.6 is 9.24 Å². The van der Waals surface area contributed by atoms with E-state index in [0.717, 1.165) is 5.69 Å². The lowest BCUT2D eigenvalue weighted by atomic mass is 9.89. The van der Waals surface area contributed by atoms with Crippen molar-refractivity contribution in [2.24, 2.45) is 0 Å². The van der Waals surface area contributed by atoms with E-state index in [4.69, 9.17) is 0 Å². The number of nitrogens with zero attached hydrogens (tertiary/aromatic N) is 1. The Morgan fingerprint density at radius 2 is 2.21 bits per heavy atom. The van der Waals surface area contributed by atoms with E-state index in [-0.39, 0.29) is 6.04 Å². The molecule has 14 heavy (non-hydrogen) atoms. The lowest BCUT2D eigenvalue weighted by Crippen LogP contribution is -2.43. The van der Waals surface area contributed by atoms with E-state index in [0.29, 0.717) is 12.8 Å². The van der Waals surface area contributed by atoms with Crippen LogP contribution in [0.5, 0.6) is 0 Å². The molecule has 1 saturated carbocycles. The zero-order chi connectivity index (χ0) is 10.2. The first-order valence-electron chi connectivity index (χ1n) is 4.41. The number of rotatable bonds is 2. The molecule has 76 valence electrons. The SMILES string of the molecule is Fc1ccc(NC2CC(F)(P)C2)cn1. The van der Waals surface area contributed by atoms with E-state index in [1.165, 1.54) is 12.3 Å². The first-order valence-corrected chi connectivity index (χ1v) is 4.99. The number of nitrogens with one attached hydrogen (secondary N) is 1. The second-order valence-electron chi connectivity index (χ2n) is 3.65. The topological polar surface area (TPSA) is 24.9 Å². The molecule has 1 N–H and O–H groups in total. The van der Waals surface area contributed by atoms with Crippen molar-refractivity contribution in [2.75, 3.05) is 5.32 Å². The Hall–Kier alpha value is -0.760. The number of anilines is 1. The molecule has 1 aliphatic rings. The molecule has 1 aromatic heterocycles. The maximum Gasteiger partial charge on any atom is 0.212 e. The van der Waals surface area contributed by atoms with Crippen LogP contribution in [0.3, 0.4) is 0 Å². The summed E-state index contributed by atoms with van der Waals surface area (Å²) in [5.74, 6) is -0.505. The molecule has 0 amide bonds. The molecule has 5 heteroatoms. The van der Waals surface area contributed by atoms with Crippen molar-refractivity contribution in [2.45, 2.75) is 24.3 Å². The van der Waals surface area contributed by atoms with Gasteiger partial charge in [-0.1, -0.05) is 9.24 Å². The first-order chi connectivity index (χ1) is 6.55. The van der Waals surface area contributed by atoms with Crippen LogP contribution in [0.2, 0.25) is 0 Å². The van der Waals surface area contributed by atoms with Gasteiger partial charge in [0.1, 0.15) is 5.41 Å². The van der Waals surface area contributed by atoms with Crippen LogP contribution < -0.4 is 5.32 Å². The minimum Gasteiger partial charge on any atom is -0.381 e. The molecule has 1 atom stereocenters. The second-order valence-corrected chi connectivity index (χ2v) is 4.69. The van der Waals surface area contributed by atoms with Crippen molar-refractivity contribution in [3.05, 3.63) is 24.3 Å². The molecule has 0 radical (unpaired) electrons. The molecule has 2 nitrogen and oxygen atoms in total. The van der Waals surface area contributed by atoms with Gasteiger partial charge in [0.05, 0.1) is 11.9 Å². The molecule has 1 heterocycles. The van der Waals surface area contributed by atoms with Crippen molar-refractivity contribution >= 4 is 14.9 Å². The fraction of sp³-hybridized carbons (Fsp3) is 0.444. The van der Waals surface area contributed by atoms with Crippen LogP contribution in [0, 0.1) is 5.95 Å². The molecular formula is C9H11F2N2P. The predicted molar refractivity (Wildman–Crippen MR) is 54.4 cm³/mol. The number of pyridine rings is 1. The molecule has 1 aromatic rings. The number of aromatic nitrogens is 1. The smallest absolute Gasteiger partial charge is 0.212 e. The maximum atomic E-state index is 13.1. The molecule has 0 aliphatic heterocycles. The van der Waals surface area contributed by atoms with Crippen molar-refractivity contribution in [1.29, 1.82) is 0 Å². The molecule has 0 saturated heterocycles. The van der Waals surface area contributed by atoms with Crippen LogP contribution in [-0.4, -0.2) is 16.4 Å². The van der Waals surface area contributed by atoms with Crippen molar-refractivity contribution in [3.63, 3.8) is 0 Å². The van der Waals surface area contributed by atoms with Gasteiger partial charge >= 0.3 is 0 Å². The zero-order valence-electron chi connectivity index (χ0n) is 7.50. The van der Waals surface area contributed by atoms with Gasteiger partial charge in [-0.25, -0.2) is 9.37 Å². The fourth-order valence-corrected chi connectivity index (χ4v) is 2.13. The van der Waals surface area contributed by atoms with Gasteiger partial charge in [-0.05, 0) is 12.1 Å². The van der Waals surface area contributed by atoms with E-state index >= 15 is 0 Å². The highest BCUT2D eigenvalue weighted by Gasteiger charge is 2.40. The molecule has 1 unspecified atom stereocenters. The van der Waals surface area contributed by atoms with Gasteiger partial charge in [0.25, 0.3) is 0 Å². The quantitative estimate of drug-likeness (QED) is 0.606. The summed E-state index contributed by atoms with van der Waals surface area (Å²) in [6.07, 6.45) is 2.35. The summed E-state index contributed by atoms with van der Waals surface area (Å²) >= 11 is 0. The largest absolute Gasteiger partial charge is 0.381 e. The van der Waals surface area contributed by atoms with Gasteiger partial charge in [-0.15, -0.1) is 0 Å². The minimum atomic E-state index is -1.12. The van der Waals surface area contributed by atoms with Crippen LogP contribution in [0.4, 0.5) is 14.5 Å². The van der Waals surface area contributed by atoms with E-state index in [9.17, 15) is 8.78 Å². The number of hydrogen-bond acceptors (Lipinski definition) is 2. The Balaban J connectivity index is 1.90. The lowest BCUT2D eigenvalue weighted by molar-refractivity contribution is 0.152. The van der Waals surface area contributed by atoms with E-state index in [1.807, 2.05) is 0 Å². The molecule has 2 rings (SSSR count). The van der Waals surface area contributed by atoms with Crippen LogP contribution in [0.25, 0.3) is 0 Å². The van der Waals surface area contributed by atoms with Crippen molar-refractivity contribution < 1.29 is 8.78 Å². The Kier molecular flexibility index (Phi) is 2.40.